The van der Waals surface area contributed by atoms with Gasteiger partial charge in [0.15, 0.2) is 0 Å². The summed E-state index contributed by atoms with van der Waals surface area (Å²) in [6.07, 6.45) is 1.81. The number of hydrogen-bond acceptors (Lipinski definition) is 3. The summed E-state index contributed by atoms with van der Waals surface area (Å²) in [6, 6.07) is 18.9. The lowest BCUT2D eigenvalue weighted by molar-refractivity contribution is -0.114. The molecule has 122 valence electrons. The summed E-state index contributed by atoms with van der Waals surface area (Å²) in [7, 11) is 1.64. The molecule has 4 nitrogen and oxygen atoms in total. The van der Waals surface area contributed by atoms with Crippen LogP contribution in [0.3, 0.4) is 0 Å². The average Bonchev–Trinajstić information content (AvgIpc) is 2.64. The van der Waals surface area contributed by atoms with E-state index >= 15 is 0 Å². The Morgan fingerprint density at radius 3 is 2.36 bits per heavy atom. The maximum Gasteiger partial charge on any atom is 0.258 e. The number of carbonyl (C=O) groups is 2. The van der Waals surface area contributed by atoms with Crippen molar-refractivity contribution < 1.29 is 14.3 Å². The fourth-order valence-corrected chi connectivity index (χ4v) is 3.05. The molecule has 4 rings (SSSR count). The first-order valence-electron chi connectivity index (χ1n) is 7.90. The van der Waals surface area contributed by atoms with Gasteiger partial charge < -0.3 is 4.74 Å². The Bertz CT molecular complexity index is 1050. The highest BCUT2D eigenvalue weighted by molar-refractivity contribution is 6.34. The number of nitrogens with one attached hydrogen (secondary N) is 1. The molecule has 0 radical (unpaired) electrons. The number of ether oxygens (including phenoxy) is 1. The Hall–Kier alpha value is -3.40. The van der Waals surface area contributed by atoms with Crippen LogP contribution in [0.15, 0.2) is 60.7 Å². The van der Waals surface area contributed by atoms with Gasteiger partial charge in [-0.3, -0.25) is 14.9 Å². The number of benzene rings is 3. The monoisotopic (exact) mass is 329 g/mol. The van der Waals surface area contributed by atoms with Crippen LogP contribution in [-0.2, 0) is 4.79 Å². The minimum Gasteiger partial charge on any atom is -0.497 e. The van der Waals surface area contributed by atoms with Crippen molar-refractivity contribution in [3.8, 4) is 5.75 Å². The van der Waals surface area contributed by atoms with Gasteiger partial charge in [-0.25, -0.2) is 0 Å². The van der Waals surface area contributed by atoms with Crippen molar-refractivity contribution in [2.75, 3.05) is 7.11 Å². The van der Waals surface area contributed by atoms with E-state index in [1.165, 1.54) is 0 Å². The first-order chi connectivity index (χ1) is 12.2. The molecule has 0 bridgehead atoms. The van der Waals surface area contributed by atoms with Crippen LogP contribution in [-0.4, -0.2) is 18.9 Å². The minimum atomic E-state index is -0.376. The normalized spacial score (nSPS) is 15.2. The molecule has 0 aromatic heterocycles. The third-order valence-corrected chi connectivity index (χ3v) is 4.32. The molecule has 0 aliphatic carbocycles. The highest BCUT2D eigenvalue weighted by atomic mass is 16.5. The summed E-state index contributed by atoms with van der Waals surface area (Å²) < 4.78 is 5.24. The van der Waals surface area contributed by atoms with Gasteiger partial charge in [0.1, 0.15) is 5.75 Å². The first kappa shape index (κ1) is 15.1. The van der Waals surface area contributed by atoms with Gasteiger partial charge in [-0.2, -0.15) is 0 Å². The van der Waals surface area contributed by atoms with E-state index < -0.39 is 0 Å². The molecule has 3 aromatic carbocycles. The van der Waals surface area contributed by atoms with Crippen LogP contribution >= 0.6 is 0 Å². The molecule has 1 N–H and O–H groups in total. The van der Waals surface area contributed by atoms with E-state index in [4.69, 9.17) is 4.74 Å². The van der Waals surface area contributed by atoms with E-state index in [2.05, 4.69) is 5.32 Å². The van der Waals surface area contributed by atoms with E-state index in [0.717, 1.165) is 22.1 Å². The van der Waals surface area contributed by atoms with Gasteiger partial charge in [0.2, 0.25) is 0 Å². The molecular weight excluding hydrogens is 314 g/mol. The minimum absolute atomic E-state index is 0.358. The Labute approximate surface area is 144 Å². The summed E-state index contributed by atoms with van der Waals surface area (Å²) in [5.74, 6) is 0.0691. The van der Waals surface area contributed by atoms with Gasteiger partial charge in [-0.15, -0.1) is 0 Å². The maximum atomic E-state index is 12.3. The SMILES string of the molecule is COc1ccc2cc(/C=C3/C(=O)NC(=O)c4ccccc43)ccc2c1. The molecule has 1 aliphatic rings. The second-order valence-electron chi connectivity index (χ2n) is 5.86. The van der Waals surface area contributed by atoms with E-state index in [-0.39, 0.29) is 11.8 Å². The molecule has 0 unspecified atom stereocenters. The Morgan fingerprint density at radius 2 is 1.56 bits per heavy atom. The highest BCUT2D eigenvalue weighted by Gasteiger charge is 2.26. The number of hydrogen-bond donors (Lipinski definition) is 1. The number of imide groups is 1. The van der Waals surface area contributed by atoms with Crippen molar-refractivity contribution in [2.24, 2.45) is 0 Å². The average molecular weight is 329 g/mol. The third kappa shape index (κ3) is 2.68. The van der Waals surface area contributed by atoms with Gasteiger partial charge in [0, 0.05) is 11.1 Å². The van der Waals surface area contributed by atoms with Crippen LogP contribution in [0, 0.1) is 0 Å². The Morgan fingerprint density at radius 1 is 0.840 bits per heavy atom. The van der Waals surface area contributed by atoms with Gasteiger partial charge >= 0.3 is 0 Å². The summed E-state index contributed by atoms with van der Waals surface area (Å²) in [4.78, 5) is 24.3. The molecule has 25 heavy (non-hydrogen) atoms. The van der Waals surface area contributed by atoms with Crippen LogP contribution in [0.5, 0.6) is 5.75 Å². The van der Waals surface area contributed by atoms with E-state index in [1.54, 1.807) is 25.3 Å². The summed E-state index contributed by atoms with van der Waals surface area (Å²) >= 11 is 0. The number of carbonyl (C=O) groups excluding carboxylic acids is 2. The lowest BCUT2D eigenvalue weighted by Gasteiger charge is -2.18. The number of fused-ring (bicyclic) bond motifs is 2. The van der Waals surface area contributed by atoms with Gasteiger partial charge in [0.25, 0.3) is 11.8 Å². The molecule has 0 fully saturated rings. The van der Waals surface area contributed by atoms with Crippen molar-refractivity contribution in [3.05, 3.63) is 77.4 Å². The molecule has 0 atom stereocenters. The fraction of sp³-hybridized carbons (Fsp3) is 0.0476. The number of rotatable bonds is 2. The zero-order valence-corrected chi connectivity index (χ0v) is 13.6. The first-order valence-corrected chi connectivity index (χ1v) is 7.90. The van der Waals surface area contributed by atoms with Gasteiger partial charge in [-0.05, 0) is 52.2 Å². The molecule has 1 heterocycles. The Kier molecular flexibility index (Phi) is 3.58. The molecular formula is C21H15NO3. The van der Waals surface area contributed by atoms with Crippen LogP contribution in [0.2, 0.25) is 0 Å². The van der Waals surface area contributed by atoms with E-state index in [0.29, 0.717) is 16.7 Å². The lowest BCUT2D eigenvalue weighted by atomic mass is 9.93. The van der Waals surface area contributed by atoms with Crippen LogP contribution < -0.4 is 10.1 Å². The molecule has 2 amide bonds. The van der Waals surface area contributed by atoms with Crippen LogP contribution in [0.25, 0.3) is 22.4 Å². The largest absolute Gasteiger partial charge is 0.497 e. The molecule has 3 aromatic rings. The molecule has 4 heteroatoms. The summed E-state index contributed by atoms with van der Waals surface area (Å²) in [6.45, 7) is 0. The second kappa shape index (κ2) is 5.91. The highest BCUT2D eigenvalue weighted by Crippen LogP contribution is 2.28. The quantitative estimate of drug-likeness (QED) is 0.577. The van der Waals surface area contributed by atoms with Crippen molar-refractivity contribution in [1.82, 2.24) is 5.32 Å². The number of amides is 2. The second-order valence-corrected chi connectivity index (χ2v) is 5.86. The molecule has 0 spiro atoms. The van der Waals surface area contributed by atoms with E-state index in [9.17, 15) is 9.59 Å². The predicted molar refractivity (Wildman–Crippen MR) is 97.3 cm³/mol. The maximum absolute atomic E-state index is 12.3. The topological polar surface area (TPSA) is 55.4 Å². The standard InChI is InChI=1S/C21H15NO3/c1-25-16-9-8-14-10-13(6-7-15(14)12-16)11-19-17-4-2-3-5-18(17)20(23)22-21(19)24/h2-12H,1H3,(H,22,23,24)/b19-11+. The van der Waals surface area contributed by atoms with Crippen molar-refractivity contribution in [1.29, 1.82) is 0 Å². The zero-order chi connectivity index (χ0) is 17.4. The molecule has 0 saturated carbocycles. The van der Waals surface area contributed by atoms with Crippen molar-refractivity contribution in [3.63, 3.8) is 0 Å². The predicted octanol–water partition coefficient (Wildman–Crippen LogP) is 3.66. The fourth-order valence-electron chi connectivity index (χ4n) is 3.05. The third-order valence-electron chi connectivity index (χ3n) is 4.32. The molecule has 0 saturated heterocycles. The summed E-state index contributed by atoms with van der Waals surface area (Å²) in [5, 5.41) is 4.51. The lowest BCUT2D eigenvalue weighted by Crippen LogP contribution is -2.36. The smallest absolute Gasteiger partial charge is 0.258 e. The summed E-state index contributed by atoms with van der Waals surface area (Å²) in [5.41, 5.74) is 2.56. The van der Waals surface area contributed by atoms with E-state index in [1.807, 2.05) is 48.5 Å². The van der Waals surface area contributed by atoms with Crippen LogP contribution in [0.4, 0.5) is 0 Å². The Balaban J connectivity index is 1.82. The van der Waals surface area contributed by atoms with Crippen molar-refractivity contribution in [2.45, 2.75) is 0 Å². The number of methoxy groups -OCH3 is 1. The molecule has 1 aliphatic heterocycles. The van der Waals surface area contributed by atoms with Gasteiger partial charge in [0.05, 0.1) is 7.11 Å². The van der Waals surface area contributed by atoms with Crippen molar-refractivity contribution >= 4 is 34.2 Å². The van der Waals surface area contributed by atoms with Crippen LogP contribution in [0.1, 0.15) is 21.5 Å². The zero-order valence-electron chi connectivity index (χ0n) is 13.6. The van der Waals surface area contributed by atoms with Gasteiger partial charge in [-0.1, -0.05) is 36.4 Å².